The minimum atomic E-state index is -3.64. The number of aliphatic hydroxyl groups excluding tert-OH is 1. The van der Waals surface area contributed by atoms with Gasteiger partial charge in [-0.1, -0.05) is 0 Å². The fraction of sp³-hybridized carbons (Fsp3) is 0.333. The Hall–Kier alpha value is -1.27. The van der Waals surface area contributed by atoms with Crippen LogP contribution >= 0.6 is 0 Å². The molecule has 0 spiro atoms. The third-order valence-corrected chi connectivity index (χ3v) is 3.20. The van der Waals surface area contributed by atoms with Crippen LogP contribution in [0, 0.1) is 0 Å². The van der Waals surface area contributed by atoms with Gasteiger partial charge in [-0.05, 0) is 12.1 Å². The van der Waals surface area contributed by atoms with Gasteiger partial charge >= 0.3 is 0 Å². The van der Waals surface area contributed by atoms with E-state index in [2.05, 4.69) is 0 Å². The van der Waals surface area contributed by atoms with Crippen LogP contribution in [-0.2, 0) is 9.84 Å². The molecule has 0 aromatic heterocycles. The predicted molar refractivity (Wildman–Crippen MR) is 53.8 cm³/mol. The lowest BCUT2D eigenvalue weighted by atomic mass is 10.3. The molecule has 0 amide bonds. The van der Waals surface area contributed by atoms with Crippen LogP contribution in [0.2, 0.25) is 0 Å². The molecule has 0 fully saturated rings. The quantitative estimate of drug-likeness (QED) is 0.814. The SMILES string of the molecule is COc1ccc(S(=O)(=O)CO)cc1OC. The summed E-state index contributed by atoms with van der Waals surface area (Å²) in [6.45, 7) is 0. The fourth-order valence-electron chi connectivity index (χ4n) is 1.08. The van der Waals surface area contributed by atoms with Crippen molar-refractivity contribution < 1.29 is 23.0 Å². The van der Waals surface area contributed by atoms with E-state index in [-0.39, 0.29) is 4.90 Å². The van der Waals surface area contributed by atoms with Crippen LogP contribution in [0.25, 0.3) is 0 Å². The van der Waals surface area contributed by atoms with Crippen LogP contribution in [0.15, 0.2) is 23.1 Å². The maximum absolute atomic E-state index is 11.3. The smallest absolute Gasteiger partial charge is 0.202 e. The standard InChI is InChI=1S/C9H12O5S/c1-13-8-4-3-7(5-9(8)14-2)15(11,12)6-10/h3-5,10H,6H2,1-2H3. The van der Waals surface area contributed by atoms with E-state index in [0.29, 0.717) is 11.5 Å². The van der Waals surface area contributed by atoms with Gasteiger partial charge in [-0.25, -0.2) is 8.42 Å². The van der Waals surface area contributed by atoms with Crippen molar-refractivity contribution in [1.29, 1.82) is 0 Å². The molecule has 0 aliphatic carbocycles. The molecular formula is C9H12O5S. The molecule has 1 rings (SSSR count). The molecule has 84 valence electrons. The summed E-state index contributed by atoms with van der Waals surface area (Å²) in [4.78, 5) is 0.00245. The van der Waals surface area contributed by atoms with Gasteiger partial charge in [0, 0.05) is 6.07 Å². The van der Waals surface area contributed by atoms with Gasteiger partial charge in [0.15, 0.2) is 11.5 Å². The van der Waals surface area contributed by atoms with Gasteiger partial charge in [-0.3, -0.25) is 0 Å². The van der Waals surface area contributed by atoms with E-state index in [1.807, 2.05) is 0 Å². The van der Waals surface area contributed by atoms with E-state index in [0.717, 1.165) is 0 Å². The van der Waals surface area contributed by atoms with Gasteiger partial charge in [-0.2, -0.15) is 0 Å². The van der Waals surface area contributed by atoms with Crippen molar-refractivity contribution in [1.82, 2.24) is 0 Å². The lowest BCUT2D eigenvalue weighted by Gasteiger charge is -2.08. The fourth-order valence-corrected chi connectivity index (χ4v) is 1.80. The van der Waals surface area contributed by atoms with Crippen LogP contribution in [0.5, 0.6) is 11.5 Å². The Morgan fingerprint density at radius 1 is 1.20 bits per heavy atom. The first-order valence-electron chi connectivity index (χ1n) is 4.11. The molecule has 15 heavy (non-hydrogen) atoms. The van der Waals surface area contributed by atoms with Gasteiger partial charge in [0.1, 0.15) is 5.94 Å². The topological polar surface area (TPSA) is 72.8 Å². The second kappa shape index (κ2) is 4.50. The van der Waals surface area contributed by atoms with E-state index < -0.39 is 15.8 Å². The minimum absolute atomic E-state index is 0.00245. The first-order chi connectivity index (χ1) is 7.05. The Bertz CT molecular complexity index is 438. The van der Waals surface area contributed by atoms with E-state index in [9.17, 15) is 8.42 Å². The lowest BCUT2D eigenvalue weighted by Crippen LogP contribution is -2.06. The molecule has 1 aromatic carbocycles. The molecule has 0 saturated heterocycles. The number of ether oxygens (including phenoxy) is 2. The Kier molecular flexibility index (Phi) is 3.54. The molecule has 0 heterocycles. The number of benzene rings is 1. The molecule has 0 bridgehead atoms. The molecule has 6 heteroatoms. The molecular weight excluding hydrogens is 220 g/mol. The van der Waals surface area contributed by atoms with Crippen molar-refractivity contribution in [2.24, 2.45) is 0 Å². The number of rotatable bonds is 4. The zero-order valence-electron chi connectivity index (χ0n) is 8.43. The summed E-state index contributed by atoms with van der Waals surface area (Å²) in [5, 5.41) is 8.68. The number of methoxy groups -OCH3 is 2. The van der Waals surface area contributed by atoms with Crippen molar-refractivity contribution in [3.05, 3.63) is 18.2 Å². The van der Waals surface area contributed by atoms with Crippen molar-refractivity contribution in [3.8, 4) is 11.5 Å². The van der Waals surface area contributed by atoms with E-state index in [4.69, 9.17) is 14.6 Å². The molecule has 0 saturated carbocycles. The number of hydrogen-bond acceptors (Lipinski definition) is 5. The van der Waals surface area contributed by atoms with Gasteiger partial charge in [0.25, 0.3) is 0 Å². The van der Waals surface area contributed by atoms with Gasteiger partial charge in [0.2, 0.25) is 9.84 Å². The van der Waals surface area contributed by atoms with Crippen molar-refractivity contribution in [2.45, 2.75) is 4.90 Å². The monoisotopic (exact) mass is 232 g/mol. The van der Waals surface area contributed by atoms with E-state index in [1.54, 1.807) is 0 Å². The first kappa shape index (κ1) is 11.8. The molecule has 0 unspecified atom stereocenters. The third-order valence-electron chi connectivity index (χ3n) is 1.88. The van der Waals surface area contributed by atoms with Gasteiger partial charge < -0.3 is 14.6 Å². The maximum Gasteiger partial charge on any atom is 0.202 e. The molecule has 0 radical (unpaired) electrons. The lowest BCUT2D eigenvalue weighted by molar-refractivity contribution is 0.352. The third kappa shape index (κ3) is 2.40. The molecule has 5 nitrogen and oxygen atoms in total. The van der Waals surface area contributed by atoms with Crippen LogP contribution < -0.4 is 9.47 Å². The largest absolute Gasteiger partial charge is 0.493 e. The molecule has 0 aliphatic heterocycles. The van der Waals surface area contributed by atoms with Crippen LogP contribution in [0.1, 0.15) is 0 Å². The van der Waals surface area contributed by atoms with Crippen LogP contribution in [0.3, 0.4) is 0 Å². The summed E-state index contributed by atoms with van der Waals surface area (Å²) in [7, 11) is -0.769. The predicted octanol–water partition coefficient (Wildman–Crippen LogP) is 0.427. The Labute approximate surface area is 88.2 Å². The van der Waals surface area contributed by atoms with Gasteiger partial charge in [-0.15, -0.1) is 0 Å². The highest BCUT2D eigenvalue weighted by molar-refractivity contribution is 7.91. The van der Waals surface area contributed by atoms with Crippen LogP contribution in [0.4, 0.5) is 0 Å². The second-order valence-electron chi connectivity index (χ2n) is 2.76. The van der Waals surface area contributed by atoms with E-state index >= 15 is 0 Å². The Balaban J connectivity index is 3.26. The Morgan fingerprint density at radius 2 is 1.80 bits per heavy atom. The van der Waals surface area contributed by atoms with Crippen molar-refractivity contribution >= 4 is 9.84 Å². The van der Waals surface area contributed by atoms with Crippen molar-refractivity contribution in [2.75, 3.05) is 20.2 Å². The summed E-state index contributed by atoms with van der Waals surface area (Å²) < 4.78 is 32.5. The molecule has 0 atom stereocenters. The summed E-state index contributed by atoms with van der Waals surface area (Å²) >= 11 is 0. The second-order valence-corrected chi connectivity index (χ2v) is 4.72. The molecule has 1 N–H and O–H groups in total. The van der Waals surface area contributed by atoms with Gasteiger partial charge in [0.05, 0.1) is 19.1 Å². The average Bonchev–Trinajstić information content (AvgIpc) is 2.28. The number of aliphatic hydroxyl groups is 1. The van der Waals surface area contributed by atoms with Crippen LogP contribution in [-0.4, -0.2) is 33.7 Å². The van der Waals surface area contributed by atoms with E-state index in [1.165, 1.54) is 32.4 Å². The summed E-state index contributed by atoms with van der Waals surface area (Å²) in [5.41, 5.74) is 0. The summed E-state index contributed by atoms with van der Waals surface area (Å²) in [6.07, 6.45) is 0. The average molecular weight is 232 g/mol. The molecule has 0 aliphatic rings. The first-order valence-corrected chi connectivity index (χ1v) is 5.76. The number of hydrogen-bond donors (Lipinski definition) is 1. The normalized spacial score (nSPS) is 11.1. The highest BCUT2D eigenvalue weighted by atomic mass is 32.2. The highest BCUT2D eigenvalue weighted by Gasteiger charge is 2.15. The maximum atomic E-state index is 11.3. The summed E-state index contributed by atoms with van der Waals surface area (Å²) in [5.74, 6) is -0.177. The highest BCUT2D eigenvalue weighted by Crippen LogP contribution is 2.29. The zero-order chi connectivity index (χ0) is 11.5. The zero-order valence-corrected chi connectivity index (χ0v) is 9.24. The minimum Gasteiger partial charge on any atom is -0.493 e. The molecule has 1 aromatic rings. The van der Waals surface area contributed by atoms with Crippen molar-refractivity contribution in [3.63, 3.8) is 0 Å². The summed E-state index contributed by atoms with van der Waals surface area (Å²) in [6, 6.07) is 4.14. The number of sulfone groups is 1. The Morgan fingerprint density at radius 3 is 2.27 bits per heavy atom.